The van der Waals surface area contributed by atoms with Crippen LogP contribution in [0, 0.1) is 0 Å². The highest BCUT2D eigenvalue weighted by Gasteiger charge is 2.28. The minimum Gasteiger partial charge on any atom is -0.484 e. The van der Waals surface area contributed by atoms with E-state index in [2.05, 4.69) is 10.2 Å². The Morgan fingerprint density at radius 3 is 2.77 bits per heavy atom. The smallest absolute Gasteiger partial charge is 0.179 e. The zero-order chi connectivity index (χ0) is 15.7. The van der Waals surface area contributed by atoms with Crippen molar-refractivity contribution in [3.8, 4) is 5.75 Å². The van der Waals surface area contributed by atoms with Crippen molar-refractivity contribution in [1.82, 2.24) is 4.90 Å². The molecular formula is C17H24N2O3. The molecule has 5 nitrogen and oxygen atoms in total. The SMILES string of the molecule is CC(C(=O)c1ccc2c(c1)NCC(C)(C)O2)N1CCOCC1. The summed E-state index contributed by atoms with van der Waals surface area (Å²) in [6.45, 7) is 9.82. The first-order valence-electron chi connectivity index (χ1n) is 7.89. The molecule has 22 heavy (non-hydrogen) atoms. The minimum absolute atomic E-state index is 0.122. The van der Waals surface area contributed by atoms with Crippen molar-refractivity contribution in [1.29, 1.82) is 0 Å². The quantitative estimate of drug-likeness (QED) is 0.867. The van der Waals surface area contributed by atoms with Crippen molar-refractivity contribution in [2.75, 3.05) is 38.2 Å². The van der Waals surface area contributed by atoms with Gasteiger partial charge in [0.25, 0.3) is 0 Å². The number of ketones is 1. The largest absolute Gasteiger partial charge is 0.484 e. The van der Waals surface area contributed by atoms with Crippen LogP contribution in [-0.2, 0) is 4.74 Å². The maximum Gasteiger partial charge on any atom is 0.179 e. The maximum absolute atomic E-state index is 12.7. The number of fused-ring (bicyclic) bond motifs is 1. The number of ether oxygens (including phenoxy) is 2. The fourth-order valence-electron chi connectivity index (χ4n) is 2.92. The summed E-state index contributed by atoms with van der Waals surface area (Å²) in [5, 5.41) is 3.36. The summed E-state index contributed by atoms with van der Waals surface area (Å²) in [5.74, 6) is 0.961. The fourth-order valence-corrected chi connectivity index (χ4v) is 2.92. The Kier molecular flexibility index (Phi) is 4.10. The molecule has 1 saturated heterocycles. The van der Waals surface area contributed by atoms with Crippen LogP contribution in [0.25, 0.3) is 0 Å². The van der Waals surface area contributed by atoms with Crippen LogP contribution in [0.4, 0.5) is 5.69 Å². The van der Waals surface area contributed by atoms with Gasteiger partial charge in [-0.05, 0) is 39.0 Å². The molecule has 120 valence electrons. The van der Waals surface area contributed by atoms with Crippen molar-refractivity contribution < 1.29 is 14.3 Å². The number of hydrogen-bond acceptors (Lipinski definition) is 5. The highest BCUT2D eigenvalue weighted by atomic mass is 16.5. The van der Waals surface area contributed by atoms with E-state index in [9.17, 15) is 4.79 Å². The molecule has 5 heteroatoms. The van der Waals surface area contributed by atoms with Crippen LogP contribution >= 0.6 is 0 Å². The van der Waals surface area contributed by atoms with Crippen molar-refractivity contribution in [2.45, 2.75) is 32.4 Å². The lowest BCUT2D eigenvalue weighted by Gasteiger charge is -2.34. The predicted molar refractivity (Wildman–Crippen MR) is 85.8 cm³/mol. The van der Waals surface area contributed by atoms with Crippen LogP contribution in [0.3, 0.4) is 0 Å². The molecule has 0 aliphatic carbocycles. The average Bonchev–Trinajstić information content (AvgIpc) is 2.53. The summed E-state index contributed by atoms with van der Waals surface area (Å²) in [7, 11) is 0. The van der Waals surface area contributed by atoms with E-state index in [0.29, 0.717) is 13.2 Å². The second-order valence-electron chi connectivity index (χ2n) is 6.61. The van der Waals surface area contributed by atoms with E-state index < -0.39 is 0 Å². The average molecular weight is 304 g/mol. The van der Waals surface area contributed by atoms with E-state index in [1.54, 1.807) is 0 Å². The molecule has 1 fully saturated rings. The van der Waals surface area contributed by atoms with Gasteiger partial charge in [-0.15, -0.1) is 0 Å². The number of morpholine rings is 1. The van der Waals surface area contributed by atoms with Gasteiger partial charge in [0.05, 0.1) is 31.5 Å². The van der Waals surface area contributed by atoms with Crippen LogP contribution in [0.15, 0.2) is 18.2 Å². The lowest BCUT2D eigenvalue weighted by Crippen LogP contribution is -2.45. The summed E-state index contributed by atoms with van der Waals surface area (Å²) in [6, 6.07) is 5.54. The van der Waals surface area contributed by atoms with E-state index >= 15 is 0 Å². The second kappa shape index (κ2) is 5.89. The molecule has 1 aromatic carbocycles. The first-order chi connectivity index (χ1) is 10.5. The fraction of sp³-hybridized carbons (Fsp3) is 0.588. The normalized spacial score (nSPS) is 22.1. The molecule has 2 heterocycles. The Morgan fingerprint density at radius 2 is 2.05 bits per heavy atom. The molecule has 0 saturated carbocycles. The number of rotatable bonds is 3. The molecule has 1 N–H and O–H groups in total. The highest BCUT2D eigenvalue weighted by molar-refractivity contribution is 6.01. The third-order valence-electron chi connectivity index (χ3n) is 4.33. The van der Waals surface area contributed by atoms with Gasteiger partial charge in [0.1, 0.15) is 11.4 Å². The van der Waals surface area contributed by atoms with E-state index in [0.717, 1.165) is 36.6 Å². The van der Waals surface area contributed by atoms with Crippen molar-refractivity contribution in [2.24, 2.45) is 0 Å². The van der Waals surface area contributed by atoms with Gasteiger partial charge in [-0.25, -0.2) is 0 Å². The maximum atomic E-state index is 12.7. The predicted octanol–water partition coefficient (Wildman–Crippen LogP) is 2.17. The van der Waals surface area contributed by atoms with Gasteiger partial charge in [0, 0.05) is 18.7 Å². The van der Waals surface area contributed by atoms with Gasteiger partial charge in [-0.2, -0.15) is 0 Å². The van der Waals surface area contributed by atoms with Crippen molar-refractivity contribution >= 4 is 11.5 Å². The Labute approximate surface area is 131 Å². The topological polar surface area (TPSA) is 50.8 Å². The Bertz CT molecular complexity index is 565. The lowest BCUT2D eigenvalue weighted by molar-refractivity contribution is 0.0208. The zero-order valence-electron chi connectivity index (χ0n) is 13.5. The van der Waals surface area contributed by atoms with E-state index in [1.807, 2.05) is 39.0 Å². The Hall–Kier alpha value is -1.59. The standard InChI is InChI=1S/C17H24N2O3/c1-12(19-6-8-21-9-7-19)16(20)13-4-5-15-14(10-13)18-11-17(2,3)22-15/h4-5,10,12,18H,6-9,11H2,1-3H3. The van der Waals surface area contributed by atoms with Crippen LogP contribution < -0.4 is 10.1 Å². The van der Waals surface area contributed by atoms with Gasteiger partial charge >= 0.3 is 0 Å². The van der Waals surface area contributed by atoms with Gasteiger partial charge in [0.15, 0.2) is 5.78 Å². The molecule has 1 atom stereocenters. The molecule has 0 amide bonds. The Balaban J connectivity index is 1.76. The number of Topliss-reactive ketones (excluding diaryl/α,β-unsaturated/α-hetero) is 1. The van der Waals surface area contributed by atoms with Crippen LogP contribution in [0.1, 0.15) is 31.1 Å². The molecular weight excluding hydrogens is 280 g/mol. The first-order valence-corrected chi connectivity index (χ1v) is 7.89. The second-order valence-corrected chi connectivity index (χ2v) is 6.61. The molecule has 0 aromatic heterocycles. The first kappa shape index (κ1) is 15.3. The van der Waals surface area contributed by atoms with Crippen molar-refractivity contribution in [3.05, 3.63) is 23.8 Å². The number of nitrogens with one attached hydrogen (secondary N) is 1. The van der Waals surface area contributed by atoms with Gasteiger partial charge in [-0.3, -0.25) is 9.69 Å². The summed E-state index contributed by atoms with van der Waals surface area (Å²) in [5.41, 5.74) is 1.41. The monoisotopic (exact) mass is 304 g/mol. The molecule has 2 aliphatic rings. The highest BCUT2D eigenvalue weighted by Crippen LogP contribution is 2.33. The van der Waals surface area contributed by atoms with Crippen molar-refractivity contribution in [3.63, 3.8) is 0 Å². The molecule has 2 aliphatic heterocycles. The van der Waals surface area contributed by atoms with Crippen LogP contribution in [-0.4, -0.2) is 55.2 Å². The van der Waals surface area contributed by atoms with Gasteiger partial charge < -0.3 is 14.8 Å². The third-order valence-corrected chi connectivity index (χ3v) is 4.33. The summed E-state index contributed by atoms with van der Waals surface area (Å²) >= 11 is 0. The van der Waals surface area contributed by atoms with Gasteiger partial charge in [-0.1, -0.05) is 0 Å². The molecule has 0 bridgehead atoms. The molecule has 0 radical (unpaired) electrons. The number of carbonyl (C=O) groups excluding carboxylic acids is 1. The van der Waals surface area contributed by atoms with Crippen LogP contribution in [0.5, 0.6) is 5.75 Å². The van der Waals surface area contributed by atoms with Gasteiger partial charge in [0.2, 0.25) is 0 Å². The van der Waals surface area contributed by atoms with E-state index in [1.165, 1.54) is 0 Å². The third kappa shape index (κ3) is 3.10. The zero-order valence-corrected chi connectivity index (χ0v) is 13.5. The van der Waals surface area contributed by atoms with Crippen LogP contribution in [0.2, 0.25) is 0 Å². The van der Waals surface area contributed by atoms with E-state index in [4.69, 9.17) is 9.47 Å². The molecule has 3 rings (SSSR count). The molecule has 1 aromatic rings. The summed E-state index contributed by atoms with van der Waals surface area (Å²) in [6.07, 6.45) is 0. The number of carbonyl (C=O) groups is 1. The van der Waals surface area contributed by atoms with E-state index in [-0.39, 0.29) is 17.4 Å². The number of nitrogens with zero attached hydrogens (tertiary/aromatic N) is 1. The number of anilines is 1. The molecule has 0 spiro atoms. The summed E-state index contributed by atoms with van der Waals surface area (Å²) in [4.78, 5) is 14.9. The summed E-state index contributed by atoms with van der Waals surface area (Å²) < 4.78 is 11.3. The number of hydrogen-bond donors (Lipinski definition) is 1. The Morgan fingerprint density at radius 1 is 1.32 bits per heavy atom. The number of benzene rings is 1. The lowest BCUT2D eigenvalue weighted by atomic mass is 10.0. The minimum atomic E-state index is -0.223. The molecule has 1 unspecified atom stereocenters.